The molecule has 0 aromatic rings. The van der Waals surface area contributed by atoms with Crippen LogP contribution < -0.4 is 0 Å². The quantitative estimate of drug-likeness (QED) is 0.724. The number of rotatable bonds is 4. The van der Waals surface area contributed by atoms with Gasteiger partial charge in [0, 0.05) is 50.8 Å². The Morgan fingerprint density at radius 2 is 1.18 bits per heavy atom. The molecule has 0 atom stereocenters. The third kappa shape index (κ3) is 6.68. The number of hydrogen-bond acceptors (Lipinski definition) is 4. The van der Waals surface area contributed by atoms with E-state index in [4.69, 9.17) is 0 Å². The molecule has 0 unspecified atom stereocenters. The molecule has 3 rings (SSSR count). The fourth-order valence-electron chi connectivity index (χ4n) is 5.59. The lowest BCUT2D eigenvalue weighted by atomic mass is 9.91. The van der Waals surface area contributed by atoms with Crippen LogP contribution in [0.1, 0.15) is 67.2 Å². The first-order chi connectivity index (χ1) is 13.1. The lowest BCUT2D eigenvalue weighted by Gasteiger charge is -2.46. The Labute approximate surface area is 175 Å². The largest absolute Gasteiger partial charge is 0.303 e. The molecule has 164 valence electrons. The van der Waals surface area contributed by atoms with Crippen molar-refractivity contribution in [2.45, 2.75) is 78.8 Å². The smallest absolute Gasteiger partial charge is 0.0126 e. The Kier molecular flexibility index (Phi) is 7.50. The van der Waals surface area contributed by atoms with Crippen LogP contribution in [0, 0.1) is 11.3 Å². The second-order valence-corrected chi connectivity index (χ2v) is 12.0. The van der Waals surface area contributed by atoms with E-state index in [0.29, 0.717) is 11.0 Å². The second-order valence-electron chi connectivity index (χ2n) is 12.0. The van der Waals surface area contributed by atoms with Crippen molar-refractivity contribution in [2.24, 2.45) is 11.3 Å². The Bertz CT molecular complexity index is 454. The highest BCUT2D eigenvalue weighted by Gasteiger charge is 2.31. The maximum Gasteiger partial charge on any atom is 0.0126 e. The van der Waals surface area contributed by atoms with E-state index in [-0.39, 0.29) is 0 Å². The fourth-order valence-corrected chi connectivity index (χ4v) is 5.59. The summed E-state index contributed by atoms with van der Waals surface area (Å²) < 4.78 is 0. The van der Waals surface area contributed by atoms with Crippen LogP contribution in [0.2, 0.25) is 0 Å². The molecular weight excluding hydrogens is 344 g/mol. The zero-order valence-corrected chi connectivity index (χ0v) is 19.8. The van der Waals surface area contributed by atoms with Crippen molar-refractivity contribution >= 4 is 0 Å². The molecule has 3 saturated heterocycles. The van der Waals surface area contributed by atoms with Gasteiger partial charge in [0.15, 0.2) is 0 Å². The molecule has 0 bridgehead atoms. The normalized spacial score (nSPS) is 26.8. The zero-order chi connectivity index (χ0) is 20.4. The standard InChI is InChI=1S/C24H48N4/c1-23(2,3)20-26-11-7-21(8-12-26)19-25-13-9-22(10-14-25)27-15-17-28(18-16-27)24(4,5)6/h21-22H,7-20H2,1-6H3. The van der Waals surface area contributed by atoms with Crippen LogP contribution in [0.4, 0.5) is 0 Å². The zero-order valence-electron chi connectivity index (χ0n) is 19.8. The van der Waals surface area contributed by atoms with Crippen LogP contribution in [-0.4, -0.2) is 96.6 Å². The van der Waals surface area contributed by atoms with E-state index in [9.17, 15) is 0 Å². The minimum absolute atomic E-state index is 0.331. The molecule has 3 aliphatic heterocycles. The summed E-state index contributed by atoms with van der Waals surface area (Å²) in [6, 6.07) is 0.840. The van der Waals surface area contributed by atoms with Crippen LogP contribution in [0.5, 0.6) is 0 Å². The summed E-state index contributed by atoms with van der Waals surface area (Å²) in [5.41, 5.74) is 0.769. The SMILES string of the molecule is CC(C)(C)CN1CCC(CN2CCC(N3CCN(C(C)(C)C)CC3)CC2)CC1. The third-order valence-corrected chi connectivity index (χ3v) is 7.26. The summed E-state index contributed by atoms with van der Waals surface area (Å²) >= 11 is 0. The van der Waals surface area contributed by atoms with Crippen molar-refractivity contribution in [1.82, 2.24) is 19.6 Å². The Hall–Kier alpha value is -0.160. The monoisotopic (exact) mass is 392 g/mol. The van der Waals surface area contributed by atoms with Gasteiger partial charge in [0.25, 0.3) is 0 Å². The first kappa shape index (κ1) is 22.5. The van der Waals surface area contributed by atoms with Gasteiger partial charge in [-0.25, -0.2) is 0 Å². The highest BCUT2D eigenvalue weighted by atomic mass is 15.3. The van der Waals surface area contributed by atoms with Crippen LogP contribution in [0.3, 0.4) is 0 Å². The lowest BCUT2D eigenvalue weighted by molar-refractivity contribution is 0.0202. The van der Waals surface area contributed by atoms with Gasteiger partial charge in [-0.3, -0.25) is 9.80 Å². The van der Waals surface area contributed by atoms with Gasteiger partial charge in [0.05, 0.1) is 0 Å². The molecule has 28 heavy (non-hydrogen) atoms. The first-order valence-corrected chi connectivity index (χ1v) is 12.0. The topological polar surface area (TPSA) is 13.0 Å². The van der Waals surface area contributed by atoms with Gasteiger partial charge in [-0.1, -0.05) is 20.8 Å². The predicted octanol–water partition coefficient (Wildman–Crippen LogP) is 3.63. The summed E-state index contributed by atoms with van der Waals surface area (Å²) in [6.45, 7) is 27.1. The first-order valence-electron chi connectivity index (χ1n) is 12.0. The van der Waals surface area contributed by atoms with Crippen molar-refractivity contribution < 1.29 is 0 Å². The van der Waals surface area contributed by atoms with E-state index in [1.54, 1.807) is 0 Å². The van der Waals surface area contributed by atoms with Crippen LogP contribution in [0.25, 0.3) is 0 Å². The molecular formula is C24H48N4. The molecule has 0 aromatic heterocycles. The van der Waals surface area contributed by atoms with E-state index in [1.165, 1.54) is 91.1 Å². The summed E-state index contributed by atoms with van der Waals surface area (Å²) in [5, 5.41) is 0. The number of piperidine rings is 2. The van der Waals surface area contributed by atoms with E-state index in [0.717, 1.165) is 12.0 Å². The van der Waals surface area contributed by atoms with Crippen LogP contribution >= 0.6 is 0 Å². The van der Waals surface area contributed by atoms with Crippen molar-refractivity contribution in [1.29, 1.82) is 0 Å². The lowest BCUT2D eigenvalue weighted by Crippen LogP contribution is -2.57. The van der Waals surface area contributed by atoms with Gasteiger partial charge >= 0.3 is 0 Å². The average Bonchev–Trinajstić information content (AvgIpc) is 2.62. The highest BCUT2D eigenvalue weighted by molar-refractivity contribution is 4.88. The van der Waals surface area contributed by atoms with E-state index < -0.39 is 0 Å². The van der Waals surface area contributed by atoms with Gasteiger partial charge < -0.3 is 9.80 Å². The molecule has 0 amide bonds. The minimum Gasteiger partial charge on any atom is -0.303 e. The second kappa shape index (κ2) is 9.32. The number of likely N-dealkylation sites (tertiary alicyclic amines) is 2. The fraction of sp³-hybridized carbons (Fsp3) is 1.00. The minimum atomic E-state index is 0.331. The molecule has 0 N–H and O–H groups in total. The van der Waals surface area contributed by atoms with Crippen LogP contribution in [-0.2, 0) is 0 Å². The molecule has 0 radical (unpaired) electrons. The number of piperazine rings is 1. The molecule has 0 spiro atoms. The maximum atomic E-state index is 2.80. The molecule has 3 fully saturated rings. The van der Waals surface area contributed by atoms with Gasteiger partial charge in [0.2, 0.25) is 0 Å². The van der Waals surface area contributed by atoms with Gasteiger partial charge in [-0.15, -0.1) is 0 Å². The molecule has 3 aliphatic rings. The maximum absolute atomic E-state index is 2.80. The predicted molar refractivity (Wildman–Crippen MR) is 121 cm³/mol. The van der Waals surface area contributed by atoms with Gasteiger partial charge in [-0.05, 0) is 84.0 Å². The number of hydrogen-bond donors (Lipinski definition) is 0. The van der Waals surface area contributed by atoms with E-state index >= 15 is 0 Å². The summed E-state index contributed by atoms with van der Waals surface area (Å²) in [4.78, 5) is 10.9. The Morgan fingerprint density at radius 1 is 0.643 bits per heavy atom. The summed E-state index contributed by atoms with van der Waals surface area (Å²) in [5.74, 6) is 0.933. The van der Waals surface area contributed by atoms with Crippen molar-refractivity contribution in [2.75, 3.05) is 65.4 Å². The average molecular weight is 393 g/mol. The van der Waals surface area contributed by atoms with E-state index in [1.807, 2.05) is 0 Å². The van der Waals surface area contributed by atoms with Gasteiger partial charge in [-0.2, -0.15) is 0 Å². The molecule has 4 nitrogen and oxygen atoms in total. The number of nitrogens with zero attached hydrogens (tertiary/aromatic N) is 4. The third-order valence-electron chi connectivity index (χ3n) is 7.26. The van der Waals surface area contributed by atoms with E-state index in [2.05, 4.69) is 61.1 Å². The summed E-state index contributed by atoms with van der Waals surface area (Å²) in [7, 11) is 0. The molecule has 0 aromatic carbocycles. The summed E-state index contributed by atoms with van der Waals surface area (Å²) in [6.07, 6.45) is 5.59. The Balaban J connectivity index is 1.33. The molecule has 3 heterocycles. The molecule has 0 saturated carbocycles. The van der Waals surface area contributed by atoms with Gasteiger partial charge in [0.1, 0.15) is 0 Å². The highest BCUT2D eigenvalue weighted by Crippen LogP contribution is 2.25. The van der Waals surface area contributed by atoms with Crippen molar-refractivity contribution in [3.63, 3.8) is 0 Å². The Morgan fingerprint density at radius 3 is 1.68 bits per heavy atom. The van der Waals surface area contributed by atoms with Crippen LogP contribution in [0.15, 0.2) is 0 Å². The van der Waals surface area contributed by atoms with Crippen molar-refractivity contribution in [3.05, 3.63) is 0 Å². The molecule has 0 aliphatic carbocycles. The molecule has 4 heteroatoms. The van der Waals surface area contributed by atoms with Crippen molar-refractivity contribution in [3.8, 4) is 0 Å².